The van der Waals surface area contributed by atoms with Crippen LogP contribution in [0.3, 0.4) is 0 Å². The van der Waals surface area contributed by atoms with Gasteiger partial charge in [0.1, 0.15) is 17.6 Å². The number of carbonyl (C=O) groups is 1. The summed E-state index contributed by atoms with van der Waals surface area (Å²) in [7, 11) is 1.56. The van der Waals surface area contributed by atoms with Gasteiger partial charge >= 0.3 is 0 Å². The van der Waals surface area contributed by atoms with Gasteiger partial charge in [-0.15, -0.1) is 0 Å². The third kappa shape index (κ3) is 4.05. The summed E-state index contributed by atoms with van der Waals surface area (Å²) >= 11 is 0. The molecule has 1 heterocycles. The molecule has 0 aliphatic heterocycles. The number of nitrogens with zero attached hydrogens (tertiary/aromatic N) is 2. The monoisotopic (exact) mass is 355 g/mol. The summed E-state index contributed by atoms with van der Waals surface area (Å²) in [5, 5.41) is 6.70. The van der Waals surface area contributed by atoms with Crippen molar-refractivity contribution in [3.63, 3.8) is 0 Å². The molecule has 0 aliphatic rings. The second kappa shape index (κ2) is 7.77. The Morgan fingerprint density at radius 1 is 1.23 bits per heavy atom. The van der Waals surface area contributed by atoms with E-state index in [9.17, 15) is 9.18 Å². The Morgan fingerprint density at radius 2 is 1.96 bits per heavy atom. The molecular weight excluding hydrogens is 337 g/mol. The van der Waals surface area contributed by atoms with E-state index in [0.717, 1.165) is 5.56 Å². The van der Waals surface area contributed by atoms with Gasteiger partial charge in [0.2, 0.25) is 17.6 Å². The van der Waals surface area contributed by atoms with Gasteiger partial charge in [0, 0.05) is 11.1 Å². The lowest BCUT2D eigenvalue weighted by atomic mass is 10.1. The molecule has 0 saturated carbocycles. The molecule has 1 aromatic heterocycles. The summed E-state index contributed by atoms with van der Waals surface area (Å²) in [4.78, 5) is 16.5. The minimum absolute atomic E-state index is 0.174. The molecule has 0 radical (unpaired) electrons. The maximum absolute atomic E-state index is 13.0. The first-order valence-electron chi connectivity index (χ1n) is 8.07. The van der Waals surface area contributed by atoms with Crippen molar-refractivity contribution in [2.45, 2.75) is 19.4 Å². The zero-order valence-electron chi connectivity index (χ0n) is 14.4. The molecule has 3 rings (SSSR count). The molecule has 1 atom stereocenters. The molecule has 0 fully saturated rings. The van der Waals surface area contributed by atoms with Crippen LogP contribution in [0.4, 0.5) is 4.39 Å². The maximum Gasteiger partial charge on any atom is 0.249 e. The van der Waals surface area contributed by atoms with Gasteiger partial charge in [-0.05, 0) is 37.3 Å². The Bertz CT molecular complexity index is 893. The number of para-hydroxylation sites is 1. The van der Waals surface area contributed by atoms with Crippen LogP contribution >= 0.6 is 0 Å². The zero-order chi connectivity index (χ0) is 18.5. The van der Waals surface area contributed by atoms with E-state index in [0.29, 0.717) is 17.1 Å². The van der Waals surface area contributed by atoms with Gasteiger partial charge in [0.25, 0.3) is 0 Å². The van der Waals surface area contributed by atoms with E-state index < -0.39 is 6.04 Å². The Hall–Kier alpha value is -3.22. The van der Waals surface area contributed by atoms with E-state index in [1.54, 1.807) is 32.2 Å². The van der Waals surface area contributed by atoms with Crippen LogP contribution in [0.25, 0.3) is 11.4 Å². The van der Waals surface area contributed by atoms with Crippen molar-refractivity contribution < 1.29 is 18.4 Å². The summed E-state index contributed by atoms with van der Waals surface area (Å²) in [5.41, 5.74) is 1.42. The van der Waals surface area contributed by atoms with Crippen LogP contribution in [0.15, 0.2) is 53.1 Å². The number of hydrogen-bond donors (Lipinski definition) is 1. The van der Waals surface area contributed by atoms with Gasteiger partial charge < -0.3 is 14.6 Å². The topological polar surface area (TPSA) is 77.2 Å². The van der Waals surface area contributed by atoms with Crippen molar-refractivity contribution >= 4 is 5.91 Å². The molecule has 6 nitrogen and oxygen atoms in total. The molecule has 1 N–H and O–H groups in total. The van der Waals surface area contributed by atoms with Crippen molar-refractivity contribution in [2.75, 3.05) is 7.11 Å². The molecule has 0 spiro atoms. The highest BCUT2D eigenvalue weighted by Gasteiger charge is 2.18. The van der Waals surface area contributed by atoms with E-state index in [1.807, 2.05) is 18.2 Å². The predicted octanol–water partition coefficient (Wildman–Crippen LogP) is 3.30. The minimum atomic E-state index is -0.459. The SMILES string of the molecule is COc1ccccc1CC(=O)NC(C)c1nc(-c2ccc(F)cc2)no1. The second-order valence-electron chi connectivity index (χ2n) is 5.74. The molecule has 2 aromatic carbocycles. The van der Waals surface area contributed by atoms with Crippen LogP contribution < -0.4 is 10.1 Å². The van der Waals surface area contributed by atoms with Crippen LogP contribution in [0.2, 0.25) is 0 Å². The first kappa shape index (κ1) is 17.6. The Kier molecular flexibility index (Phi) is 5.26. The highest BCUT2D eigenvalue weighted by atomic mass is 19.1. The van der Waals surface area contributed by atoms with Crippen molar-refractivity contribution in [2.24, 2.45) is 0 Å². The molecule has 0 saturated heterocycles. The van der Waals surface area contributed by atoms with Crippen molar-refractivity contribution in [1.29, 1.82) is 0 Å². The molecule has 3 aromatic rings. The summed E-state index contributed by atoms with van der Waals surface area (Å²) in [5.74, 6) is 0.744. The fourth-order valence-electron chi connectivity index (χ4n) is 2.50. The summed E-state index contributed by atoms with van der Waals surface area (Å²) in [6.45, 7) is 1.75. The zero-order valence-corrected chi connectivity index (χ0v) is 14.4. The molecular formula is C19H18FN3O3. The molecule has 1 amide bonds. The van der Waals surface area contributed by atoms with E-state index >= 15 is 0 Å². The maximum atomic E-state index is 13.0. The van der Waals surface area contributed by atoms with E-state index in [2.05, 4.69) is 15.5 Å². The number of hydrogen-bond acceptors (Lipinski definition) is 5. The third-order valence-electron chi connectivity index (χ3n) is 3.84. The van der Waals surface area contributed by atoms with Crippen molar-refractivity contribution in [3.8, 4) is 17.1 Å². The standard InChI is InChI=1S/C19H18FN3O3/c1-12(21-17(24)11-14-5-3-4-6-16(14)25-2)19-22-18(23-26-19)13-7-9-15(20)10-8-13/h3-10,12H,11H2,1-2H3,(H,21,24). The van der Waals surface area contributed by atoms with Crippen molar-refractivity contribution in [1.82, 2.24) is 15.5 Å². The summed E-state index contributed by atoms with van der Waals surface area (Å²) < 4.78 is 23.5. The predicted molar refractivity (Wildman–Crippen MR) is 92.9 cm³/mol. The van der Waals surface area contributed by atoms with Crippen LogP contribution in [0.5, 0.6) is 5.75 Å². The molecule has 0 aliphatic carbocycles. The quantitative estimate of drug-likeness (QED) is 0.734. The van der Waals surface area contributed by atoms with Gasteiger partial charge in [0.05, 0.1) is 13.5 Å². The molecule has 7 heteroatoms. The average molecular weight is 355 g/mol. The number of carbonyl (C=O) groups excluding carboxylic acids is 1. The van der Waals surface area contributed by atoms with Crippen LogP contribution in [0, 0.1) is 5.82 Å². The number of aromatic nitrogens is 2. The summed E-state index contributed by atoms with van der Waals surface area (Å²) in [6.07, 6.45) is 0.174. The Morgan fingerprint density at radius 3 is 2.69 bits per heavy atom. The number of rotatable bonds is 6. The second-order valence-corrected chi connectivity index (χ2v) is 5.74. The summed E-state index contributed by atoms with van der Waals surface area (Å²) in [6, 6.07) is 12.7. The van der Waals surface area contributed by atoms with Crippen LogP contribution in [-0.4, -0.2) is 23.2 Å². The number of amides is 1. The van der Waals surface area contributed by atoms with Crippen LogP contribution in [-0.2, 0) is 11.2 Å². The van der Waals surface area contributed by atoms with Crippen molar-refractivity contribution in [3.05, 3.63) is 65.8 Å². The normalized spacial score (nSPS) is 11.8. The van der Waals surface area contributed by atoms with Gasteiger partial charge in [0.15, 0.2) is 0 Å². The van der Waals surface area contributed by atoms with E-state index in [1.165, 1.54) is 12.1 Å². The molecule has 134 valence electrons. The van der Waals surface area contributed by atoms with E-state index in [4.69, 9.17) is 9.26 Å². The Balaban J connectivity index is 1.65. The smallest absolute Gasteiger partial charge is 0.249 e. The third-order valence-corrected chi connectivity index (χ3v) is 3.84. The largest absolute Gasteiger partial charge is 0.496 e. The van der Waals surface area contributed by atoms with E-state index in [-0.39, 0.29) is 24.0 Å². The van der Waals surface area contributed by atoms with Gasteiger partial charge in [-0.3, -0.25) is 4.79 Å². The highest BCUT2D eigenvalue weighted by Crippen LogP contribution is 2.20. The van der Waals surface area contributed by atoms with Gasteiger partial charge in [-0.1, -0.05) is 23.4 Å². The lowest BCUT2D eigenvalue weighted by molar-refractivity contribution is -0.121. The fourth-order valence-corrected chi connectivity index (χ4v) is 2.50. The molecule has 26 heavy (non-hydrogen) atoms. The lowest BCUT2D eigenvalue weighted by Crippen LogP contribution is -2.28. The first-order chi connectivity index (χ1) is 12.6. The number of nitrogens with one attached hydrogen (secondary N) is 1. The fraction of sp³-hybridized carbons (Fsp3) is 0.211. The lowest BCUT2D eigenvalue weighted by Gasteiger charge is -2.11. The minimum Gasteiger partial charge on any atom is -0.496 e. The van der Waals surface area contributed by atoms with Crippen LogP contribution in [0.1, 0.15) is 24.4 Å². The van der Waals surface area contributed by atoms with Gasteiger partial charge in [-0.2, -0.15) is 4.98 Å². The average Bonchev–Trinajstić information content (AvgIpc) is 3.13. The number of benzene rings is 2. The Labute approximate surface area is 150 Å². The number of methoxy groups -OCH3 is 1. The number of ether oxygens (including phenoxy) is 1. The van der Waals surface area contributed by atoms with Gasteiger partial charge in [-0.25, -0.2) is 4.39 Å². The number of halogens is 1. The highest BCUT2D eigenvalue weighted by molar-refractivity contribution is 5.79. The molecule has 1 unspecified atom stereocenters. The molecule has 0 bridgehead atoms. The first-order valence-corrected chi connectivity index (χ1v) is 8.07.